The van der Waals surface area contributed by atoms with Gasteiger partial charge in [0.05, 0.1) is 0 Å². The average molecular weight is 248 g/mol. The van der Waals surface area contributed by atoms with Crippen LogP contribution >= 0.6 is 0 Å². The molecule has 0 rings (SSSR count). The number of esters is 1. The van der Waals surface area contributed by atoms with Gasteiger partial charge in [-0.05, 0) is 27.2 Å². The van der Waals surface area contributed by atoms with Crippen molar-refractivity contribution >= 4 is 5.97 Å². The molecule has 0 aliphatic rings. The van der Waals surface area contributed by atoms with E-state index >= 15 is 0 Å². The summed E-state index contributed by atoms with van der Waals surface area (Å²) in [5, 5.41) is 8.65. The molecule has 17 heavy (non-hydrogen) atoms. The lowest BCUT2D eigenvalue weighted by Crippen LogP contribution is -2.60. The van der Waals surface area contributed by atoms with Crippen LogP contribution in [0.5, 0.6) is 0 Å². The Morgan fingerprint density at radius 3 is 2.24 bits per heavy atom. The molecule has 6 nitrogen and oxygen atoms in total. The van der Waals surface area contributed by atoms with E-state index in [1.165, 1.54) is 0 Å². The summed E-state index contributed by atoms with van der Waals surface area (Å²) in [6.07, 6.45) is 2.02. The highest BCUT2D eigenvalue weighted by molar-refractivity contribution is 5.74. The van der Waals surface area contributed by atoms with Crippen molar-refractivity contribution in [2.75, 3.05) is 0 Å². The minimum absolute atomic E-state index is 0.402. The third-order valence-electron chi connectivity index (χ3n) is 2.24. The third-order valence-corrected chi connectivity index (χ3v) is 2.24. The van der Waals surface area contributed by atoms with Crippen molar-refractivity contribution in [3.8, 4) is 0 Å². The smallest absolute Gasteiger partial charge is 0.315 e. The van der Waals surface area contributed by atoms with Crippen LogP contribution in [0, 0.1) is 5.92 Å². The maximum Gasteiger partial charge on any atom is 0.315 e. The Morgan fingerprint density at radius 2 is 1.88 bits per heavy atom. The van der Waals surface area contributed by atoms with E-state index in [-0.39, 0.29) is 0 Å². The number of hydrogen-bond acceptors (Lipinski definition) is 6. The van der Waals surface area contributed by atoms with E-state index in [1.807, 2.05) is 6.92 Å². The highest BCUT2D eigenvalue weighted by Gasteiger charge is 2.40. The van der Waals surface area contributed by atoms with Crippen molar-refractivity contribution in [2.45, 2.75) is 58.4 Å². The zero-order valence-corrected chi connectivity index (χ0v) is 11.0. The molecule has 0 saturated carbocycles. The summed E-state index contributed by atoms with van der Waals surface area (Å²) in [6, 6.07) is 0. The number of carbonyl (C=O) groups is 1. The molecular formula is C11H24N2O4. The van der Waals surface area contributed by atoms with E-state index in [0.29, 0.717) is 6.42 Å². The summed E-state index contributed by atoms with van der Waals surface area (Å²) in [5.74, 6) is -3.38. The van der Waals surface area contributed by atoms with Crippen LogP contribution in [0.2, 0.25) is 0 Å². The van der Waals surface area contributed by atoms with Crippen LogP contribution < -0.4 is 11.5 Å². The zero-order valence-electron chi connectivity index (χ0n) is 11.0. The molecule has 0 aliphatic carbocycles. The van der Waals surface area contributed by atoms with Gasteiger partial charge in [0, 0.05) is 0 Å². The summed E-state index contributed by atoms with van der Waals surface area (Å²) >= 11 is 0. The fourth-order valence-electron chi connectivity index (χ4n) is 1.37. The van der Waals surface area contributed by atoms with Crippen LogP contribution in [0.1, 0.15) is 47.0 Å². The molecule has 0 aliphatic heterocycles. The third kappa shape index (κ3) is 5.97. The van der Waals surface area contributed by atoms with Gasteiger partial charge in [-0.1, -0.05) is 19.8 Å². The van der Waals surface area contributed by atoms with Crippen molar-refractivity contribution in [1.29, 1.82) is 0 Å². The molecule has 0 heterocycles. The Labute approximate surface area is 102 Å². The first-order valence-electron chi connectivity index (χ1n) is 5.77. The van der Waals surface area contributed by atoms with E-state index in [4.69, 9.17) is 21.5 Å². The second kappa shape index (κ2) is 6.30. The van der Waals surface area contributed by atoms with Gasteiger partial charge in [0.2, 0.25) is 5.85 Å². The number of carbonyl (C=O) groups excluding carboxylic acids is 1. The van der Waals surface area contributed by atoms with E-state index in [9.17, 15) is 4.79 Å². The molecule has 0 bridgehead atoms. The summed E-state index contributed by atoms with van der Waals surface area (Å²) in [7, 11) is 0. The Kier molecular flexibility index (Phi) is 6.04. The Morgan fingerprint density at radius 1 is 1.35 bits per heavy atom. The quantitative estimate of drug-likeness (QED) is 0.282. The molecule has 0 fully saturated rings. The van der Waals surface area contributed by atoms with Gasteiger partial charge in [0.1, 0.15) is 11.5 Å². The van der Waals surface area contributed by atoms with Crippen LogP contribution in [0.4, 0.5) is 0 Å². The van der Waals surface area contributed by atoms with Gasteiger partial charge in [-0.3, -0.25) is 16.3 Å². The SMILES string of the molecule is CCCCC(C(=O)OC(C)(C)C)C(N)(N)OO. The highest BCUT2D eigenvalue weighted by Crippen LogP contribution is 2.22. The summed E-state index contributed by atoms with van der Waals surface area (Å²) in [4.78, 5) is 15.9. The molecule has 1 unspecified atom stereocenters. The average Bonchev–Trinajstić information content (AvgIpc) is 2.15. The molecular weight excluding hydrogens is 224 g/mol. The van der Waals surface area contributed by atoms with Crippen molar-refractivity contribution in [3.05, 3.63) is 0 Å². The fraction of sp³-hybridized carbons (Fsp3) is 0.909. The normalized spacial score (nSPS) is 14.5. The molecule has 5 N–H and O–H groups in total. The van der Waals surface area contributed by atoms with Crippen LogP contribution in [-0.4, -0.2) is 22.7 Å². The van der Waals surface area contributed by atoms with Crippen LogP contribution in [-0.2, 0) is 14.4 Å². The molecule has 0 saturated heterocycles. The second-order valence-electron chi connectivity index (χ2n) is 5.17. The van der Waals surface area contributed by atoms with Gasteiger partial charge >= 0.3 is 5.97 Å². The molecule has 0 aromatic carbocycles. The van der Waals surface area contributed by atoms with Gasteiger partial charge in [-0.2, -0.15) is 4.89 Å². The Bertz CT molecular complexity index is 248. The predicted octanol–water partition coefficient (Wildman–Crippen LogP) is 1.20. The van der Waals surface area contributed by atoms with Gasteiger partial charge in [0.25, 0.3) is 0 Å². The molecule has 0 aromatic rings. The first-order chi connectivity index (χ1) is 7.64. The van der Waals surface area contributed by atoms with E-state index in [2.05, 4.69) is 4.89 Å². The van der Waals surface area contributed by atoms with Gasteiger partial charge in [-0.25, -0.2) is 5.26 Å². The van der Waals surface area contributed by atoms with E-state index in [0.717, 1.165) is 12.8 Å². The highest BCUT2D eigenvalue weighted by atomic mass is 17.1. The minimum atomic E-state index is -1.92. The van der Waals surface area contributed by atoms with E-state index in [1.54, 1.807) is 20.8 Å². The molecule has 1 atom stereocenters. The summed E-state index contributed by atoms with van der Waals surface area (Å²) in [6.45, 7) is 7.21. The molecule has 0 aromatic heterocycles. The van der Waals surface area contributed by atoms with Crippen LogP contribution in [0.15, 0.2) is 0 Å². The minimum Gasteiger partial charge on any atom is -0.460 e. The predicted molar refractivity (Wildman–Crippen MR) is 63.7 cm³/mol. The van der Waals surface area contributed by atoms with Crippen LogP contribution in [0.25, 0.3) is 0 Å². The maximum atomic E-state index is 11.9. The summed E-state index contributed by atoms with van der Waals surface area (Å²) < 4.78 is 5.20. The number of unbranched alkanes of at least 4 members (excludes halogenated alkanes) is 1. The molecule has 0 amide bonds. The van der Waals surface area contributed by atoms with Crippen molar-refractivity contribution < 1.29 is 19.7 Å². The van der Waals surface area contributed by atoms with Crippen molar-refractivity contribution in [3.63, 3.8) is 0 Å². The van der Waals surface area contributed by atoms with Gasteiger partial charge < -0.3 is 4.74 Å². The molecule has 0 radical (unpaired) electrons. The first-order valence-corrected chi connectivity index (χ1v) is 5.77. The van der Waals surface area contributed by atoms with Crippen LogP contribution in [0.3, 0.4) is 0 Å². The monoisotopic (exact) mass is 248 g/mol. The lowest BCUT2D eigenvalue weighted by Gasteiger charge is -2.31. The number of rotatable bonds is 6. The van der Waals surface area contributed by atoms with E-state index < -0.39 is 23.3 Å². The van der Waals surface area contributed by atoms with Crippen molar-refractivity contribution in [1.82, 2.24) is 0 Å². The number of hydrogen-bond donors (Lipinski definition) is 3. The maximum absolute atomic E-state index is 11.9. The topological polar surface area (TPSA) is 108 Å². The zero-order chi connectivity index (χ0) is 13.7. The van der Waals surface area contributed by atoms with Gasteiger partial charge in [0.15, 0.2) is 0 Å². The number of nitrogens with two attached hydrogens (primary N) is 2. The fourth-order valence-corrected chi connectivity index (χ4v) is 1.37. The molecule has 0 spiro atoms. The largest absolute Gasteiger partial charge is 0.460 e. The lowest BCUT2D eigenvalue weighted by atomic mass is 9.96. The Balaban J connectivity index is 4.74. The van der Waals surface area contributed by atoms with Crippen molar-refractivity contribution in [2.24, 2.45) is 17.4 Å². The Hall–Kier alpha value is -0.690. The summed E-state index contributed by atoms with van der Waals surface area (Å²) in [5.41, 5.74) is 10.4. The second-order valence-corrected chi connectivity index (χ2v) is 5.17. The standard InChI is InChI=1S/C11H24N2O4/c1-5-6-7-8(11(12,13)17-15)9(14)16-10(2,3)4/h8,15H,5-7,12-13H2,1-4H3. The molecule has 102 valence electrons. The lowest BCUT2D eigenvalue weighted by molar-refractivity contribution is -0.334. The molecule has 6 heteroatoms. The van der Waals surface area contributed by atoms with Gasteiger partial charge in [-0.15, -0.1) is 0 Å². The first kappa shape index (κ1) is 16.3. The number of ether oxygens (including phenoxy) is 1.